The number of hydrogen-bond acceptors (Lipinski definition) is 3. The van der Waals surface area contributed by atoms with Gasteiger partial charge in [0.05, 0.1) is 6.54 Å². The largest absolute Gasteiger partial charge is 0.445 e. The van der Waals surface area contributed by atoms with E-state index in [9.17, 15) is 9.59 Å². The second kappa shape index (κ2) is 7.84. The lowest BCUT2D eigenvalue weighted by molar-refractivity contribution is 0.112. The molecule has 1 aromatic heterocycles. The fourth-order valence-corrected chi connectivity index (χ4v) is 2.35. The van der Waals surface area contributed by atoms with Crippen molar-refractivity contribution in [1.82, 2.24) is 10.3 Å². The van der Waals surface area contributed by atoms with Gasteiger partial charge in [0.25, 0.3) is 0 Å². The maximum absolute atomic E-state index is 11.6. The maximum Gasteiger partial charge on any atom is 0.408 e. The van der Waals surface area contributed by atoms with Crippen molar-refractivity contribution in [2.24, 2.45) is 0 Å². The van der Waals surface area contributed by atoms with Crippen LogP contribution in [0.2, 0.25) is 0 Å². The minimum absolute atomic E-state index is 0.180. The molecule has 3 aromatic rings. The number of alkyl carbamates (subject to hydrolysis) is 1. The lowest BCUT2D eigenvalue weighted by atomic mass is 10.1. The molecule has 5 nitrogen and oxygen atoms in total. The number of H-pyrrole nitrogens is 1. The van der Waals surface area contributed by atoms with Gasteiger partial charge in [-0.3, -0.25) is 4.79 Å². The molecule has 1 amide bonds. The van der Waals surface area contributed by atoms with Crippen LogP contribution in [0.1, 0.15) is 21.5 Å². The van der Waals surface area contributed by atoms with Crippen LogP contribution in [0.15, 0.2) is 54.7 Å². The molecule has 0 spiro atoms. The van der Waals surface area contributed by atoms with Crippen LogP contribution < -0.4 is 5.32 Å². The molecular formula is C20H16N2O3. The zero-order valence-electron chi connectivity index (χ0n) is 13.4. The van der Waals surface area contributed by atoms with E-state index in [4.69, 9.17) is 4.74 Å². The number of rotatable bonds is 4. The Kier molecular flexibility index (Phi) is 5.13. The van der Waals surface area contributed by atoms with Gasteiger partial charge in [0.1, 0.15) is 6.61 Å². The zero-order chi connectivity index (χ0) is 17.5. The summed E-state index contributed by atoms with van der Waals surface area (Å²) in [6.45, 7) is 0.401. The predicted molar refractivity (Wildman–Crippen MR) is 95.2 cm³/mol. The Labute approximate surface area is 145 Å². The van der Waals surface area contributed by atoms with E-state index < -0.39 is 6.09 Å². The van der Waals surface area contributed by atoms with Gasteiger partial charge < -0.3 is 15.0 Å². The monoisotopic (exact) mass is 332 g/mol. The third-order valence-corrected chi connectivity index (χ3v) is 3.61. The zero-order valence-corrected chi connectivity index (χ0v) is 13.4. The number of nitrogens with one attached hydrogen (secondary N) is 2. The van der Waals surface area contributed by atoms with E-state index >= 15 is 0 Å². The second-order valence-electron chi connectivity index (χ2n) is 5.34. The topological polar surface area (TPSA) is 71.2 Å². The summed E-state index contributed by atoms with van der Waals surface area (Å²) >= 11 is 0. The van der Waals surface area contributed by atoms with Crippen LogP contribution in [0, 0.1) is 11.8 Å². The molecule has 0 saturated carbocycles. The van der Waals surface area contributed by atoms with Crippen LogP contribution in [0.4, 0.5) is 4.79 Å². The first-order chi connectivity index (χ1) is 12.3. The fraction of sp³-hybridized carbons (Fsp3) is 0.100. The van der Waals surface area contributed by atoms with E-state index in [0.717, 1.165) is 28.3 Å². The van der Waals surface area contributed by atoms with Crippen LogP contribution >= 0.6 is 0 Å². The molecule has 1 heterocycles. The highest BCUT2D eigenvalue weighted by molar-refractivity contribution is 5.97. The Morgan fingerprint density at radius 1 is 1.20 bits per heavy atom. The van der Waals surface area contributed by atoms with Crippen molar-refractivity contribution in [3.8, 4) is 11.8 Å². The standard InChI is InChI=1S/C20H16N2O3/c23-13-17-12-22-19-9-8-15(11-18(17)19)7-4-10-21-20(24)25-14-16-5-2-1-3-6-16/h1-3,5-6,8-9,11-13,22H,10,14H2,(H,21,24). The number of fused-ring (bicyclic) bond motifs is 1. The predicted octanol–water partition coefficient (Wildman–Crippen LogP) is 3.26. The molecule has 2 N–H and O–H groups in total. The first kappa shape index (κ1) is 16.3. The average molecular weight is 332 g/mol. The molecule has 0 unspecified atom stereocenters. The van der Waals surface area contributed by atoms with Crippen molar-refractivity contribution in [1.29, 1.82) is 0 Å². The fourth-order valence-electron chi connectivity index (χ4n) is 2.35. The van der Waals surface area contributed by atoms with Crippen LogP contribution in [0.5, 0.6) is 0 Å². The first-order valence-electron chi connectivity index (χ1n) is 7.76. The van der Waals surface area contributed by atoms with E-state index in [1.807, 2.05) is 48.5 Å². The Balaban J connectivity index is 1.52. The molecule has 0 fully saturated rings. The van der Waals surface area contributed by atoms with Crippen molar-refractivity contribution in [2.75, 3.05) is 6.54 Å². The lowest BCUT2D eigenvalue weighted by Gasteiger charge is -2.04. The minimum Gasteiger partial charge on any atom is -0.445 e. The van der Waals surface area contributed by atoms with Gasteiger partial charge in [0, 0.05) is 28.2 Å². The number of aromatic nitrogens is 1. The van der Waals surface area contributed by atoms with Crippen molar-refractivity contribution in [3.05, 3.63) is 71.4 Å². The molecule has 25 heavy (non-hydrogen) atoms. The van der Waals surface area contributed by atoms with E-state index in [-0.39, 0.29) is 13.2 Å². The molecular weight excluding hydrogens is 316 g/mol. The molecule has 0 atom stereocenters. The first-order valence-corrected chi connectivity index (χ1v) is 7.76. The number of hydrogen-bond donors (Lipinski definition) is 2. The molecule has 0 aliphatic carbocycles. The van der Waals surface area contributed by atoms with E-state index in [1.54, 1.807) is 6.20 Å². The van der Waals surface area contributed by atoms with Crippen LogP contribution in [-0.4, -0.2) is 23.9 Å². The number of benzene rings is 2. The summed E-state index contributed by atoms with van der Waals surface area (Å²) in [5.41, 5.74) is 3.18. The van der Waals surface area contributed by atoms with E-state index in [2.05, 4.69) is 22.1 Å². The molecule has 124 valence electrons. The third kappa shape index (κ3) is 4.27. The number of aldehydes is 1. The van der Waals surface area contributed by atoms with Crippen molar-refractivity contribution in [3.63, 3.8) is 0 Å². The number of amides is 1. The summed E-state index contributed by atoms with van der Waals surface area (Å²) in [6.07, 6.45) is 1.96. The number of carbonyl (C=O) groups is 2. The third-order valence-electron chi connectivity index (χ3n) is 3.61. The summed E-state index contributed by atoms with van der Waals surface area (Å²) in [5.74, 6) is 5.82. The Morgan fingerprint density at radius 2 is 2.04 bits per heavy atom. The van der Waals surface area contributed by atoms with Gasteiger partial charge in [-0.1, -0.05) is 42.2 Å². The number of carbonyl (C=O) groups excluding carboxylic acids is 2. The molecule has 0 radical (unpaired) electrons. The second-order valence-corrected chi connectivity index (χ2v) is 5.34. The summed E-state index contributed by atoms with van der Waals surface area (Å²) in [6, 6.07) is 15.0. The molecule has 5 heteroatoms. The van der Waals surface area contributed by atoms with Crippen LogP contribution in [-0.2, 0) is 11.3 Å². The van der Waals surface area contributed by atoms with Gasteiger partial charge in [-0.25, -0.2) is 4.79 Å². The molecule has 0 aliphatic rings. The SMILES string of the molecule is O=Cc1c[nH]c2ccc(C#CCNC(=O)OCc3ccccc3)cc12. The summed E-state index contributed by atoms with van der Waals surface area (Å²) in [4.78, 5) is 25.6. The molecule has 3 rings (SSSR count). The normalized spacial score (nSPS) is 9.92. The Hall–Kier alpha value is -3.52. The van der Waals surface area contributed by atoms with E-state index in [0.29, 0.717) is 5.56 Å². The molecule has 0 aliphatic heterocycles. The summed E-state index contributed by atoms with van der Waals surface area (Å²) in [5, 5.41) is 3.41. The molecule has 0 saturated heterocycles. The highest BCUT2D eigenvalue weighted by Crippen LogP contribution is 2.17. The van der Waals surface area contributed by atoms with Crippen molar-refractivity contribution in [2.45, 2.75) is 6.61 Å². The number of ether oxygens (including phenoxy) is 1. The average Bonchev–Trinajstić information content (AvgIpc) is 3.07. The highest BCUT2D eigenvalue weighted by Gasteiger charge is 2.03. The van der Waals surface area contributed by atoms with Gasteiger partial charge in [0.15, 0.2) is 6.29 Å². The summed E-state index contributed by atoms with van der Waals surface area (Å²) < 4.78 is 5.10. The minimum atomic E-state index is -0.512. The Bertz CT molecular complexity index is 949. The number of aromatic amines is 1. The van der Waals surface area contributed by atoms with Crippen molar-refractivity contribution < 1.29 is 14.3 Å². The molecule has 2 aromatic carbocycles. The molecule has 0 bridgehead atoms. The maximum atomic E-state index is 11.6. The highest BCUT2D eigenvalue weighted by atomic mass is 16.5. The Morgan fingerprint density at radius 3 is 2.84 bits per heavy atom. The van der Waals surface area contributed by atoms with Gasteiger partial charge in [-0.05, 0) is 23.8 Å². The van der Waals surface area contributed by atoms with Crippen molar-refractivity contribution >= 4 is 23.3 Å². The summed E-state index contributed by atoms with van der Waals surface area (Å²) in [7, 11) is 0. The van der Waals surface area contributed by atoms with Gasteiger partial charge in [0.2, 0.25) is 0 Å². The quantitative estimate of drug-likeness (QED) is 0.569. The lowest BCUT2D eigenvalue weighted by Crippen LogP contribution is -2.24. The van der Waals surface area contributed by atoms with E-state index in [1.165, 1.54) is 0 Å². The van der Waals surface area contributed by atoms with Gasteiger partial charge in [-0.15, -0.1) is 0 Å². The van der Waals surface area contributed by atoms with Crippen LogP contribution in [0.25, 0.3) is 10.9 Å². The van der Waals surface area contributed by atoms with Gasteiger partial charge >= 0.3 is 6.09 Å². The van der Waals surface area contributed by atoms with Gasteiger partial charge in [-0.2, -0.15) is 0 Å². The van der Waals surface area contributed by atoms with Crippen LogP contribution in [0.3, 0.4) is 0 Å². The smallest absolute Gasteiger partial charge is 0.408 e.